The molecule has 0 aliphatic heterocycles. The zero-order chi connectivity index (χ0) is 19.3. The molecule has 0 aromatic heterocycles. The van der Waals surface area contributed by atoms with E-state index in [1.165, 1.54) is 11.1 Å². The van der Waals surface area contributed by atoms with Crippen LogP contribution in [0.3, 0.4) is 0 Å². The van der Waals surface area contributed by atoms with E-state index in [4.69, 9.17) is 5.73 Å². The number of anilines is 2. The van der Waals surface area contributed by atoms with Crippen molar-refractivity contribution in [2.75, 3.05) is 11.1 Å². The molecule has 3 N–H and O–H groups in total. The average Bonchev–Trinajstić information content (AvgIpc) is 2.75. The first-order chi connectivity index (χ1) is 13.6. The fourth-order valence-electron chi connectivity index (χ4n) is 4.90. The Balaban J connectivity index is 1.64. The first kappa shape index (κ1) is 16.6. The maximum atomic E-state index is 13.5. The maximum absolute atomic E-state index is 13.5. The molecule has 4 heteroatoms. The van der Waals surface area contributed by atoms with Crippen LogP contribution in [0.25, 0.3) is 0 Å². The van der Waals surface area contributed by atoms with E-state index < -0.39 is 5.41 Å². The van der Waals surface area contributed by atoms with Gasteiger partial charge < -0.3 is 11.1 Å². The third kappa shape index (κ3) is 2.20. The summed E-state index contributed by atoms with van der Waals surface area (Å²) >= 11 is 0. The van der Waals surface area contributed by atoms with E-state index in [0.29, 0.717) is 17.8 Å². The Kier molecular flexibility index (Phi) is 3.53. The van der Waals surface area contributed by atoms with Crippen LogP contribution in [0.5, 0.6) is 0 Å². The Bertz CT molecular complexity index is 1080. The first-order valence-electron chi connectivity index (χ1n) is 9.40. The maximum Gasteiger partial charge on any atom is 0.245 e. The van der Waals surface area contributed by atoms with Crippen LogP contribution < -0.4 is 11.1 Å². The van der Waals surface area contributed by atoms with Crippen molar-refractivity contribution in [3.05, 3.63) is 95.1 Å². The van der Waals surface area contributed by atoms with Gasteiger partial charge in [0.25, 0.3) is 0 Å². The molecule has 1 unspecified atom stereocenters. The molecule has 2 bridgehead atoms. The molecule has 3 aromatic carbocycles. The Labute approximate surface area is 163 Å². The lowest BCUT2D eigenvalue weighted by Crippen LogP contribution is -2.48. The van der Waals surface area contributed by atoms with Crippen LogP contribution in [-0.2, 0) is 4.79 Å². The second-order valence-electron chi connectivity index (χ2n) is 7.61. The zero-order valence-corrected chi connectivity index (χ0v) is 15.2. The van der Waals surface area contributed by atoms with Gasteiger partial charge >= 0.3 is 0 Å². The quantitative estimate of drug-likeness (QED) is 0.661. The van der Waals surface area contributed by atoms with Crippen molar-refractivity contribution in [3.63, 3.8) is 0 Å². The van der Waals surface area contributed by atoms with Gasteiger partial charge in [0.1, 0.15) is 5.41 Å². The third-order valence-electron chi connectivity index (χ3n) is 6.16. The van der Waals surface area contributed by atoms with Gasteiger partial charge in [-0.05, 0) is 52.9 Å². The van der Waals surface area contributed by atoms with Gasteiger partial charge in [0, 0.05) is 23.2 Å². The lowest BCUT2D eigenvalue weighted by atomic mass is 9.52. The molecule has 1 amide bonds. The van der Waals surface area contributed by atoms with Crippen LogP contribution in [0.15, 0.2) is 72.8 Å². The van der Waals surface area contributed by atoms with E-state index in [0.717, 1.165) is 11.1 Å². The van der Waals surface area contributed by atoms with E-state index in [1.807, 2.05) is 24.3 Å². The van der Waals surface area contributed by atoms with Crippen molar-refractivity contribution >= 4 is 17.3 Å². The normalized spacial score (nSPS) is 24.0. The summed E-state index contributed by atoms with van der Waals surface area (Å²) in [5.41, 5.74) is 10.5. The number of fused-ring (bicyclic) bond motifs is 1. The molecule has 0 saturated carbocycles. The highest BCUT2D eigenvalue weighted by molar-refractivity contribution is 5.99. The van der Waals surface area contributed by atoms with Crippen LogP contribution in [0.4, 0.5) is 11.4 Å². The number of nitrogens with zero attached hydrogens (tertiary/aromatic N) is 1. The number of benzene rings is 3. The third-order valence-corrected chi connectivity index (χ3v) is 6.16. The monoisotopic (exact) mass is 365 g/mol. The second-order valence-corrected chi connectivity index (χ2v) is 7.61. The number of nitrogen functional groups attached to an aromatic ring is 1. The Morgan fingerprint density at radius 2 is 1.46 bits per heavy atom. The number of nitriles is 1. The van der Waals surface area contributed by atoms with Crippen molar-refractivity contribution in [3.8, 4) is 6.07 Å². The average molecular weight is 365 g/mol. The fourth-order valence-corrected chi connectivity index (χ4v) is 4.90. The number of hydrogen-bond donors (Lipinski definition) is 2. The summed E-state index contributed by atoms with van der Waals surface area (Å²) in [6.45, 7) is 0. The molecule has 0 spiro atoms. The number of amides is 1. The van der Waals surface area contributed by atoms with Crippen LogP contribution in [0.2, 0.25) is 0 Å². The molecule has 3 aliphatic carbocycles. The summed E-state index contributed by atoms with van der Waals surface area (Å²) in [5, 5.41) is 13.2. The summed E-state index contributed by atoms with van der Waals surface area (Å²) in [6.07, 6.45) is 0.489. The fraction of sp³-hybridized carbons (Fsp3) is 0.167. The number of carbonyl (C=O) groups is 1. The van der Waals surface area contributed by atoms with Gasteiger partial charge in [0.15, 0.2) is 0 Å². The Hall–Kier alpha value is -3.58. The van der Waals surface area contributed by atoms with Crippen molar-refractivity contribution in [1.29, 1.82) is 5.26 Å². The van der Waals surface area contributed by atoms with Crippen molar-refractivity contribution in [2.24, 2.45) is 5.41 Å². The van der Waals surface area contributed by atoms with Crippen LogP contribution in [0.1, 0.15) is 40.5 Å². The van der Waals surface area contributed by atoms with Gasteiger partial charge in [-0.1, -0.05) is 48.5 Å². The summed E-state index contributed by atoms with van der Waals surface area (Å²) in [6, 6.07) is 25.9. The summed E-state index contributed by atoms with van der Waals surface area (Å²) in [7, 11) is 0. The summed E-state index contributed by atoms with van der Waals surface area (Å²) < 4.78 is 0. The lowest BCUT2D eigenvalue weighted by Gasteiger charge is -2.48. The zero-order valence-electron chi connectivity index (χ0n) is 15.2. The standard InChI is InChI=1S/C24H19N3O/c25-14-24(23(28)27-16-11-9-15(26)10-12-16)13-21-17-5-1-3-7-19(17)22(24)20-8-4-2-6-18(20)21/h1-12,21-22H,13,26H2,(H,27,28). The Morgan fingerprint density at radius 3 is 2.00 bits per heavy atom. The molecule has 0 radical (unpaired) electrons. The van der Waals surface area contributed by atoms with Crippen LogP contribution in [-0.4, -0.2) is 5.91 Å². The van der Waals surface area contributed by atoms with Crippen molar-refractivity contribution in [2.45, 2.75) is 18.3 Å². The van der Waals surface area contributed by atoms with Gasteiger partial charge in [-0.2, -0.15) is 5.26 Å². The first-order valence-corrected chi connectivity index (χ1v) is 9.40. The molecule has 4 nitrogen and oxygen atoms in total. The second kappa shape index (κ2) is 5.97. The molecular weight excluding hydrogens is 346 g/mol. The molecule has 6 rings (SSSR count). The van der Waals surface area contributed by atoms with E-state index in [-0.39, 0.29) is 17.7 Å². The van der Waals surface area contributed by atoms with E-state index in [2.05, 4.69) is 35.7 Å². The number of carbonyl (C=O) groups excluding carboxylic acids is 1. The van der Waals surface area contributed by atoms with E-state index >= 15 is 0 Å². The highest BCUT2D eigenvalue weighted by Gasteiger charge is 2.57. The van der Waals surface area contributed by atoms with Gasteiger partial charge in [0.05, 0.1) is 6.07 Å². The van der Waals surface area contributed by atoms with Gasteiger partial charge in [-0.25, -0.2) is 0 Å². The number of hydrogen-bond acceptors (Lipinski definition) is 3. The molecule has 0 saturated heterocycles. The topological polar surface area (TPSA) is 78.9 Å². The smallest absolute Gasteiger partial charge is 0.245 e. The SMILES string of the molecule is N#CC1(C(=O)Nc2ccc(N)cc2)CC2c3ccccc3C1c1ccccc12. The largest absolute Gasteiger partial charge is 0.399 e. The molecule has 3 aromatic rings. The molecule has 136 valence electrons. The highest BCUT2D eigenvalue weighted by atomic mass is 16.2. The minimum Gasteiger partial charge on any atom is -0.399 e. The Morgan fingerprint density at radius 1 is 0.929 bits per heavy atom. The minimum absolute atomic E-state index is 0.0502. The highest BCUT2D eigenvalue weighted by Crippen LogP contribution is 2.61. The summed E-state index contributed by atoms with van der Waals surface area (Å²) in [4.78, 5) is 13.5. The van der Waals surface area contributed by atoms with Gasteiger partial charge in [-0.3, -0.25) is 4.79 Å². The minimum atomic E-state index is -1.14. The number of nitrogens with one attached hydrogen (secondary N) is 1. The predicted molar refractivity (Wildman–Crippen MR) is 109 cm³/mol. The van der Waals surface area contributed by atoms with E-state index in [1.54, 1.807) is 24.3 Å². The van der Waals surface area contributed by atoms with Crippen molar-refractivity contribution in [1.82, 2.24) is 0 Å². The molecule has 0 fully saturated rings. The number of rotatable bonds is 2. The van der Waals surface area contributed by atoms with Crippen LogP contribution in [0, 0.1) is 16.7 Å². The van der Waals surface area contributed by atoms with Gasteiger partial charge in [-0.15, -0.1) is 0 Å². The molecule has 28 heavy (non-hydrogen) atoms. The molecule has 3 aliphatic rings. The summed E-state index contributed by atoms with van der Waals surface area (Å²) in [5.74, 6) is -0.475. The van der Waals surface area contributed by atoms with E-state index in [9.17, 15) is 10.1 Å². The van der Waals surface area contributed by atoms with Gasteiger partial charge in [0.2, 0.25) is 5.91 Å². The molecule has 0 heterocycles. The van der Waals surface area contributed by atoms with Crippen LogP contribution >= 0.6 is 0 Å². The molecular formula is C24H19N3O. The molecule has 1 atom stereocenters. The predicted octanol–water partition coefficient (Wildman–Crippen LogP) is 4.40. The lowest BCUT2D eigenvalue weighted by molar-refractivity contribution is -0.124. The number of nitrogens with two attached hydrogens (primary N) is 1. The van der Waals surface area contributed by atoms with Crippen molar-refractivity contribution < 1.29 is 4.79 Å².